The number of hydrogen-bond acceptors (Lipinski definition) is 2. The zero-order valence-electron chi connectivity index (χ0n) is 9.99. The van der Waals surface area contributed by atoms with Crippen LogP contribution in [0.5, 0.6) is 5.75 Å². The Bertz CT molecular complexity index is 572. The van der Waals surface area contributed by atoms with Crippen molar-refractivity contribution in [3.8, 4) is 5.75 Å². The lowest BCUT2D eigenvalue weighted by molar-refractivity contribution is 0.302. The number of aryl methyl sites for hydroxylation is 2. The maximum Gasteiger partial charge on any atom is 0.223 e. The quantitative estimate of drug-likeness (QED) is 0.878. The van der Waals surface area contributed by atoms with E-state index in [-0.39, 0.29) is 5.43 Å². The van der Waals surface area contributed by atoms with Crippen molar-refractivity contribution >= 4 is 0 Å². The van der Waals surface area contributed by atoms with Gasteiger partial charge in [0.25, 0.3) is 0 Å². The molecule has 0 spiro atoms. The lowest BCUT2D eigenvalue weighted by Crippen LogP contribution is -2.08. The van der Waals surface area contributed by atoms with E-state index in [9.17, 15) is 4.79 Å². The summed E-state index contributed by atoms with van der Waals surface area (Å²) in [7, 11) is 0. The summed E-state index contributed by atoms with van der Waals surface area (Å²) >= 11 is 0. The number of ether oxygens (including phenoxy) is 1. The van der Waals surface area contributed by atoms with Crippen molar-refractivity contribution in [3.05, 3.63) is 63.6 Å². The number of nitrogens with one attached hydrogen (secondary N) is 1. The van der Waals surface area contributed by atoms with Gasteiger partial charge in [-0.25, -0.2) is 0 Å². The highest BCUT2D eigenvalue weighted by molar-refractivity contribution is 5.24. The van der Waals surface area contributed by atoms with E-state index in [0.717, 1.165) is 11.3 Å². The van der Waals surface area contributed by atoms with Gasteiger partial charge in [0.2, 0.25) is 5.43 Å². The van der Waals surface area contributed by atoms with E-state index in [1.807, 2.05) is 38.1 Å². The minimum atomic E-state index is -0.0890. The van der Waals surface area contributed by atoms with Crippen molar-refractivity contribution in [2.24, 2.45) is 0 Å². The topological polar surface area (TPSA) is 42.1 Å². The summed E-state index contributed by atoms with van der Waals surface area (Å²) in [6.45, 7) is 4.28. The van der Waals surface area contributed by atoms with Gasteiger partial charge in [0.15, 0.2) is 5.75 Å². The number of pyridine rings is 1. The number of rotatable bonds is 3. The molecule has 1 heterocycles. The van der Waals surface area contributed by atoms with Gasteiger partial charge >= 0.3 is 0 Å². The SMILES string of the molecule is Cc1cccc(COc2c[nH]c(C)cc2=O)c1. The molecule has 0 saturated heterocycles. The molecule has 3 heteroatoms. The third-order valence-electron chi connectivity index (χ3n) is 2.50. The lowest BCUT2D eigenvalue weighted by Gasteiger charge is -2.06. The monoisotopic (exact) mass is 229 g/mol. The van der Waals surface area contributed by atoms with Crippen LogP contribution in [0.3, 0.4) is 0 Å². The number of benzene rings is 1. The molecule has 2 aromatic rings. The summed E-state index contributed by atoms with van der Waals surface area (Å²) < 4.78 is 5.49. The zero-order valence-corrected chi connectivity index (χ0v) is 9.99. The molecule has 0 atom stereocenters. The third-order valence-corrected chi connectivity index (χ3v) is 2.50. The van der Waals surface area contributed by atoms with Gasteiger partial charge in [0, 0.05) is 18.0 Å². The summed E-state index contributed by atoms with van der Waals surface area (Å²) in [5, 5.41) is 0. The predicted octanol–water partition coefficient (Wildman–Crippen LogP) is 2.57. The van der Waals surface area contributed by atoms with Gasteiger partial charge in [-0.3, -0.25) is 4.79 Å². The summed E-state index contributed by atoms with van der Waals surface area (Å²) in [5.74, 6) is 0.358. The first kappa shape index (κ1) is 11.5. The minimum Gasteiger partial charge on any atom is -0.483 e. The first-order valence-corrected chi connectivity index (χ1v) is 5.53. The lowest BCUT2D eigenvalue weighted by atomic mass is 10.1. The molecular weight excluding hydrogens is 214 g/mol. The highest BCUT2D eigenvalue weighted by Gasteiger charge is 2.01. The second kappa shape index (κ2) is 4.87. The molecule has 1 N–H and O–H groups in total. The van der Waals surface area contributed by atoms with Crippen LogP contribution in [0.2, 0.25) is 0 Å². The van der Waals surface area contributed by atoms with Crippen LogP contribution in [-0.2, 0) is 6.61 Å². The standard InChI is InChI=1S/C14H15NO2/c1-10-4-3-5-12(6-10)9-17-14-8-15-11(2)7-13(14)16/h3-8H,9H2,1-2H3,(H,15,16). The fourth-order valence-electron chi connectivity index (χ4n) is 1.64. The van der Waals surface area contributed by atoms with Crippen LogP contribution in [0, 0.1) is 13.8 Å². The summed E-state index contributed by atoms with van der Waals surface area (Å²) in [6.07, 6.45) is 1.60. The molecule has 0 bridgehead atoms. The third kappa shape index (κ3) is 2.97. The Morgan fingerprint density at radius 2 is 2.06 bits per heavy atom. The van der Waals surface area contributed by atoms with Crippen molar-refractivity contribution in [1.82, 2.24) is 4.98 Å². The molecule has 0 fully saturated rings. The van der Waals surface area contributed by atoms with Crippen LogP contribution in [0.25, 0.3) is 0 Å². The molecule has 1 aromatic heterocycles. The van der Waals surface area contributed by atoms with Gasteiger partial charge in [-0.05, 0) is 19.4 Å². The van der Waals surface area contributed by atoms with Crippen LogP contribution in [-0.4, -0.2) is 4.98 Å². The van der Waals surface area contributed by atoms with Crippen molar-refractivity contribution in [1.29, 1.82) is 0 Å². The molecule has 1 aromatic carbocycles. The Labute approximate surface area is 100 Å². The molecule has 0 unspecified atom stereocenters. The van der Waals surface area contributed by atoms with Gasteiger partial charge in [-0.1, -0.05) is 29.8 Å². The van der Waals surface area contributed by atoms with Crippen molar-refractivity contribution in [3.63, 3.8) is 0 Å². The maximum atomic E-state index is 11.6. The zero-order chi connectivity index (χ0) is 12.3. The Morgan fingerprint density at radius 3 is 2.76 bits per heavy atom. The predicted molar refractivity (Wildman–Crippen MR) is 67.3 cm³/mol. The largest absolute Gasteiger partial charge is 0.483 e. The molecule has 0 aliphatic rings. The molecule has 17 heavy (non-hydrogen) atoms. The van der Waals surface area contributed by atoms with Crippen LogP contribution in [0.15, 0.2) is 41.3 Å². The van der Waals surface area contributed by atoms with E-state index in [2.05, 4.69) is 4.98 Å². The smallest absolute Gasteiger partial charge is 0.223 e. The fourth-order valence-corrected chi connectivity index (χ4v) is 1.64. The minimum absolute atomic E-state index is 0.0890. The number of aromatic nitrogens is 1. The molecule has 0 amide bonds. The van der Waals surface area contributed by atoms with Crippen molar-refractivity contribution in [2.75, 3.05) is 0 Å². The number of hydrogen-bond donors (Lipinski definition) is 1. The summed E-state index contributed by atoms with van der Waals surface area (Å²) in [4.78, 5) is 14.5. The molecule has 0 aliphatic carbocycles. The van der Waals surface area contributed by atoms with E-state index in [1.54, 1.807) is 6.20 Å². The molecular formula is C14H15NO2. The Hall–Kier alpha value is -2.03. The van der Waals surface area contributed by atoms with E-state index in [1.165, 1.54) is 11.6 Å². The molecule has 88 valence electrons. The normalized spacial score (nSPS) is 10.2. The Morgan fingerprint density at radius 1 is 1.24 bits per heavy atom. The van der Waals surface area contributed by atoms with Crippen LogP contribution in [0.1, 0.15) is 16.8 Å². The van der Waals surface area contributed by atoms with E-state index < -0.39 is 0 Å². The highest BCUT2D eigenvalue weighted by atomic mass is 16.5. The van der Waals surface area contributed by atoms with Crippen LogP contribution in [0.4, 0.5) is 0 Å². The number of aromatic amines is 1. The fraction of sp³-hybridized carbons (Fsp3) is 0.214. The molecule has 0 aliphatic heterocycles. The van der Waals surface area contributed by atoms with Gasteiger partial charge in [-0.15, -0.1) is 0 Å². The second-order valence-corrected chi connectivity index (χ2v) is 4.12. The van der Waals surface area contributed by atoms with Crippen molar-refractivity contribution in [2.45, 2.75) is 20.5 Å². The molecule has 2 rings (SSSR count). The van der Waals surface area contributed by atoms with E-state index in [4.69, 9.17) is 4.74 Å². The first-order valence-electron chi connectivity index (χ1n) is 5.53. The molecule has 0 radical (unpaired) electrons. The molecule has 0 saturated carbocycles. The van der Waals surface area contributed by atoms with Gasteiger partial charge in [0.05, 0.1) is 0 Å². The summed E-state index contributed by atoms with van der Waals surface area (Å²) in [6, 6.07) is 9.57. The summed E-state index contributed by atoms with van der Waals surface area (Å²) in [5.41, 5.74) is 2.99. The van der Waals surface area contributed by atoms with Crippen molar-refractivity contribution < 1.29 is 4.74 Å². The molecule has 3 nitrogen and oxygen atoms in total. The second-order valence-electron chi connectivity index (χ2n) is 4.12. The van der Waals surface area contributed by atoms with Crippen LogP contribution < -0.4 is 10.2 Å². The Kier molecular flexibility index (Phi) is 3.28. The maximum absolute atomic E-state index is 11.6. The van der Waals surface area contributed by atoms with E-state index >= 15 is 0 Å². The van der Waals surface area contributed by atoms with E-state index in [0.29, 0.717) is 12.4 Å². The first-order chi connectivity index (χ1) is 8.15. The van der Waals surface area contributed by atoms with Crippen LogP contribution >= 0.6 is 0 Å². The van der Waals surface area contributed by atoms with Gasteiger partial charge < -0.3 is 9.72 Å². The van der Waals surface area contributed by atoms with Gasteiger partial charge in [-0.2, -0.15) is 0 Å². The number of H-pyrrole nitrogens is 1. The average Bonchev–Trinajstić information content (AvgIpc) is 2.28. The van der Waals surface area contributed by atoms with Gasteiger partial charge in [0.1, 0.15) is 6.61 Å². The Balaban J connectivity index is 2.10. The average molecular weight is 229 g/mol. The highest BCUT2D eigenvalue weighted by Crippen LogP contribution is 2.08.